The molecule has 1 aromatic rings. The molecule has 1 N–H and O–H groups in total. The average Bonchev–Trinajstić information content (AvgIpc) is 3.17. The van der Waals surface area contributed by atoms with Crippen LogP contribution in [0.1, 0.15) is 51.1 Å². The predicted octanol–water partition coefficient (Wildman–Crippen LogP) is 2.86. The molecule has 1 saturated heterocycles. The lowest BCUT2D eigenvalue weighted by Crippen LogP contribution is -2.50. The van der Waals surface area contributed by atoms with Gasteiger partial charge in [0.25, 0.3) is 0 Å². The molecule has 20 heavy (non-hydrogen) atoms. The van der Waals surface area contributed by atoms with Gasteiger partial charge in [-0.2, -0.15) is 0 Å². The van der Waals surface area contributed by atoms with Crippen LogP contribution in [0, 0.1) is 0 Å². The summed E-state index contributed by atoms with van der Waals surface area (Å²) in [5.74, 6) is 0.988. The number of anilines is 1. The Kier molecular flexibility index (Phi) is 4.20. The lowest BCUT2D eigenvalue weighted by Gasteiger charge is -2.39. The first-order chi connectivity index (χ1) is 9.82. The Hall–Kier alpha value is -1.16. The van der Waals surface area contributed by atoms with Crippen molar-refractivity contribution < 1.29 is 0 Å². The van der Waals surface area contributed by atoms with E-state index in [1.165, 1.54) is 51.6 Å². The minimum atomic E-state index is 0.383. The largest absolute Gasteiger partial charge is 0.368 e. The van der Waals surface area contributed by atoms with Gasteiger partial charge in [0.2, 0.25) is 0 Å². The van der Waals surface area contributed by atoms with Crippen LogP contribution in [0.25, 0.3) is 0 Å². The monoisotopic (exact) mass is 274 g/mol. The first kappa shape index (κ1) is 13.8. The molecular weight excluding hydrogens is 248 g/mol. The third kappa shape index (κ3) is 2.80. The second-order valence-corrected chi connectivity index (χ2v) is 6.23. The minimum absolute atomic E-state index is 0.383. The maximum atomic E-state index is 4.37. The summed E-state index contributed by atoms with van der Waals surface area (Å²) in [7, 11) is 0. The van der Waals surface area contributed by atoms with E-state index < -0.39 is 0 Å². The molecule has 0 radical (unpaired) electrons. The minimum Gasteiger partial charge on any atom is -0.368 e. The van der Waals surface area contributed by atoms with Gasteiger partial charge in [0.1, 0.15) is 12.1 Å². The molecule has 1 aromatic heterocycles. The molecule has 2 aliphatic rings. The van der Waals surface area contributed by atoms with E-state index in [0.29, 0.717) is 5.54 Å². The Bertz CT molecular complexity index is 434. The van der Waals surface area contributed by atoms with E-state index in [9.17, 15) is 0 Å². The first-order valence-electron chi connectivity index (χ1n) is 8.12. The lowest BCUT2D eigenvalue weighted by molar-refractivity contribution is 0.135. The Balaban J connectivity index is 1.67. The van der Waals surface area contributed by atoms with Crippen molar-refractivity contribution in [2.24, 2.45) is 0 Å². The molecule has 1 saturated carbocycles. The topological polar surface area (TPSA) is 41.0 Å². The zero-order chi connectivity index (χ0) is 13.8. The molecule has 4 nitrogen and oxygen atoms in total. The number of aromatic nitrogens is 2. The van der Waals surface area contributed by atoms with E-state index >= 15 is 0 Å². The number of aryl methyl sites for hydroxylation is 1. The second-order valence-electron chi connectivity index (χ2n) is 6.23. The maximum absolute atomic E-state index is 4.37. The van der Waals surface area contributed by atoms with Gasteiger partial charge in [-0.15, -0.1) is 0 Å². The Labute approximate surface area is 122 Å². The highest BCUT2D eigenvalue weighted by Gasteiger charge is 2.40. The van der Waals surface area contributed by atoms with Crippen molar-refractivity contribution in [1.82, 2.24) is 14.9 Å². The summed E-state index contributed by atoms with van der Waals surface area (Å²) in [5.41, 5.74) is 1.50. The highest BCUT2D eigenvalue weighted by Crippen LogP contribution is 2.37. The summed E-state index contributed by atoms with van der Waals surface area (Å²) in [6.45, 7) is 5.74. The van der Waals surface area contributed by atoms with Gasteiger partial charge in [0, 0.05) is 23.8 Å². The molecule has 0 unspecified atom stereocenters. The normalized spacial score (nSPS) is 22.2. The van der Waals surface area contributed by atoms with Gasteiger partial charge in [-0.3, -0.25) is 4.90 Å². The van der Waals surface area contributed by atoms with Crippen LogP contribution in [0.3, 0.4) is 0 Å². The van der Waals surface area contributed by atoms with Gasteiger partial charge in [0.15, 0.2) is 0 Å². The Morgan fingerprint density at radius 2 is 1.90 bits per heavy atom. The summed E-state index contributed by atoms with van der Waals surface area (Å²) < 4.78 is 0. The smallest absolute Gasteiger partial charge is 0.129 e. The highest BCUT2D eigenvalue weighted by atomic mass is 15.2. The van der Waals surface area contributed by atoms with Gasteiger partial charge >= 0.3 is 0 Å². The molecule has 4 heteroatoms. The van der Waals surface area contributed by atoms with Crippen molar-refractivity contribution in [1.29, 1.82) is 0 Å². The summed E-state index contributed by atoms with van der Waals surface area (Å²) in [5, 5.41) is 3.59. The van der Waals surface area contributed by atoms with Crippen LogP contribution in [0.2, 0.25) is 0 Å². The lowest BCUT2D eigenvalue weighted by atomic mass is 9.95. The summed E-state index contributed by atoms with van der Waals surface area (Å²) in [6, 6.07) is 2.09. The van der Waals surface area contributed by atoms with Gasteiger partial charge in [-0.05, 0) is 45.2 Å². The molecule has 1 aliphatic heterocycles. The third-order valence-corrected chi connectivity index (χ3v) is 5.00. The van der Waals surface area contributed by atoms with Crippen molar-refractivity contribution in [3.05, 3.63) is 18.1 Å². The van der Waals surface area contributed by atoms with Crippen molar-refractivity contribution in [3.8, 4) is 0 Å². The summed E-state index contributed by atoms with van der Waals surface area (Å²) in [6.07, 6.45) is 10.8. The number of likely N-dealkylation sites (tertiary alicyclic amines) is 1. The van der Waals surface area contributed by atoms with Gasteiger partial charge in [0.05, 0.1) is 0 Å². The van der Waals surface area contributed by atoms with E-state index in [1.807, 2.05) is 0 Å². The quantitative estimate of drug-likeness (QED) is 0.896. The zero-order valence-electron chi connectivity index (χ0n) is 12.6. The molecule has 110 valence electrons. The standard InChI is InChI=1S/C16H26N4/c1-2-14-11-15(19-13-18-14)17-12-16(7-3-4-8-16)20-9-5-6-10-20/h11,13H,2-10,12H2,1H3,(H,17,18,19). The van der Waals surface area contributed by atoms with Gasteiger partial charge in [-0.25, -0.2) is 9.97 Å². The van der Waals surface area contributed by atoms with Crippen LogP contribution < -0.4 is 5.32 Å². The van der Waals surface area contributed by atoms with Crippen molar-refractivity contribution >= 4 is 5.82 Å². The summed E-state index contributed by atoms with van der Waals surface area (Å²) in [4.78, 5) is 11.4. The Morgan fingerprint density at radius 3 is 2.60 bits per heavy atom. The number of nitrogens with zero attached hydrogens (tertiary/aromatic N) is 3. The molecule has 2 heterocycles. The highest BCUT2D eigenvalue weighted by molar-refractivity contribution is 5.35. The molecule has 1 aliphatic carbocycles. The zero-order valence-corrected chi connectivity index (χ0v) is 12.6. The molecule has 0 atom stereocenters. The van der Waals surface area contributed by atoms with Crippen LogP contribution in [0.5, 0.6) is 0 Å². The number of nitrogens with one attached hydrogen (secondary N) is 1. The fraction of sp³-hybridized carbons (Fsp3) is 0.750. The molecule has 0 spiro atoms. The van der Waals surface area contributed by atoms with Crippen LogP contribution in [-0.4, -0.2) is 40.0 Å². The van der Waals surface area contributed by atoms with E-state index in [4.69, 9.17) is 0 Å². The second kappa shape index (κ2) is 6.08. The fourth-order valence-corrected chi connectivity index (χ4v) is 3.77. The number of hydrogen-bond acceptors (Lipinski definition) is 4. The molecule has 0 amide bonds. The first-order valence-corrected chi connectivity index (χ1v) is 8.12. The van der Waals surface area contributed by atoms with Crippen molar-refractivity contribution in [3.63, 3.8) is 0 Å². The fourth-order valence-electron chi connectivity index (χ4n) is 3.77. The van der Waals surface area contributed by atoms with Crippen molar-refractivity contribution in [2.45, 2.75) is 57.4 Å². The number of hydrogen-bond donors (Lipinski definition) is 1. The molecule has 0 aromatic carbocycles. The van der Waals surface area contributed by atoms with Crippen LogP contribution >= 0.6 is 0 Å². The SMILES string of the molecule is CCc1cc(NCC2(N3CCCC3)CCCC2)ncn1. The molecule has 2 fully saturated rings. The van der Waals surface area contributed by atoms with Crippen LogP contribution in [0.15, 0.2) is 12.4 Å². The summed E-state index contributed by atoms with van der Waals surface area (Å²) >= 11 is 0. The molecular formula is C16H26N4. The van der Waals surface area contributed by atoms with E-state index in [0.717, 1.165) is 24.5 Å². The number of rotatable bonds is 5. The average molecular weight is 274 g/mol. The maximum Gasteiger partial charge on any atom is 0.129 e. The van der Waals surface area contributed by atoms with E-state index in [-0.39, 0.29) is 0 Å². The van der Waals surface area contributed by atoms with E-state index in [2.05, 4.69) is 33.2 Å². The van der Waals surface area contributed by atoms with E-state index in [1.54, 1.807) is 6.33 Å². The Morgan fingerprint density at radius 1 is 1.15 bits per heavy atom. The van der Waals surface area contributed by atoms with Crippen LogP contribution in [-0.2, 0) is 6.42 Å². The third-order valence-electron chi connectivity index (χ3n) is 5.00. The molecule has 0 bridgehead atoms. The van der Waals surface area contributed by atoms with Crippen LogP contribution in [0.4, 0.5) is 5.82 Å². The molecule has 3 rings (SSSR count). The van der Waals surface area contributed by atoms with Crippen molar-refractivity contribution in [2.75, 3.05) is 25.0 Å². The van der Waals surface area contributed by atoms with Gasteiger partial charge in [-0.1, -0.05) is 19.8 Å². The predicted molar refractivity (Wildman–Crippen MR) is 81.9 cm³/mol. The van der Waals surface area contributed by atoms with Gasteiger partial charge < -0.3 is 5.32 Å².